The highest BCUT2D eigenvalue weighted by Gasteiger charge is 2.04. The lowest BCUT2D eigenvalue weighted by Crippen LogP contribution is -2.10. The van der Waals surface area contributed by atoms with Crippen molar-refractivity contribution in [2.45, 2.75) is 25.9 Å². The monoisotopic (exact) mass is 268 g/mol. The zero-order valence-electron chi connectivity index (χ0n) is 12.6. The Morgan fingerprint density at radius 2 is 1.40 bits per heavy atom. The van der Waals surface area contributed by atoms with Gasteiger partial charge in [-0.3, -0.25) is 0 Å². The minimum Gasteiger partial charge on any atom is -0.324 e. The van der Waals surface area contributed by atoms with E-state index in [0.29, 0.717) is 0 Å². The minimum absolute atomic E-state index is 0.145. The van der Waals surface area contributed by atoms with E-state index in [1.807, 2.05) is 0 Å². The van der Waals surface area contributed by atoms with Crippen molar-refractivity contribution >= 4 is 0 Å². The van der Waals surface area contributed by atoms with E-state index in [2.05, 4.69) is 74.4 Å². The van der Waals surface area contributed by atoms with Gasteiger partial charge in [0.25, 0.3) is 0 Å². The summed E-state index contributed by atoms with van der Waals surface area (Å²) in [6.45, 7) is 3.09. The third-order valence-corrected chi connectivity index (χ3v) is 3.56. The molecule has 0 aromatic heterocycles. The average molecular weight is 268 g/mol. The van der Waals surface area contributed by atoms with Gasteiger partial charge in [-0.25, -0.2) is 0 Å². The largest absolute Gasteiger partial charge is 0.324 e. The second-order valence-corrected chi connectivity index (χ2v) is 5.57. The Labute approximate surface area is 122 Å². The first-order chi connectivity index (χ1) is 9.60. The van der Waals surface area contributed by atoms with E-state index in [9.17, 15) is 0 Å². The van der Waals surface area contributed by atoms with Gasteiger partial charge in [0.15, 0.2) is 0 Å². The van der Waals surface area contributed by atoms with E-state index >= 15 is 0 Å². The summed E-state index contributed by atoms with van der Waals surface area (Å²) >= 11 is 0. The van der Waals surface area contributed by atoms with E-state index < -0.39 is 0 Å². The molecule has 106 valence electrons. The van der Waals surface area contributed by atoms with Crippen molar-refractivity contribution in [3.8, 4) is 11.1 Å². The fourth-order valence-corrected chi connectivity index (χ4v) is 2.33. The van der Waals surface area contributed by atoms with E-state index in [-0.39, 0.29) is 6.04 Å². The summed E-state index contributed by atoms with van der Waals surface area (Å²) < 4.78 is 0. The van der Waals surface area contributed by atoms with Gasteiger partial charge in [0.2, 0.25) is 0 Å². The quantitative estimate of drug-likeness (QED) is 0.893. The summed E-state index contributed by atoms with van der Waals surface area (Å²) in [5, 5.41) is 0. The summed E-state index contributed by atoms with van der Waals surface area (Å²) in [5.74, 6) is 0. The molecule has 1 atom stereocenters. The van der Waals surface area contributed by atoms with Crippen LogP contribution in [0.4, 0.5) is 0 Å². The highest BCUT2D eigenvalue weighted by atomic mass is 15.0. The molecule has 0 bridgehead atoms. The van der Waals surface area contributed by atoms with Crippen LogP contribution in [-0.2, 0) is 6.54 Å². The van der Waals surface area contributed by atoms with Gasteiger partial charge in [-0.15, -0.1) is 0 Å². The Balaban J connectivity index is 2.15. The average Bonchev–Trinajstić information content (AvgIpc) is 2.47. The van der Waals surface area contributed by atoms with Crippen molar-refractivity contribution < 1.29 is 0 Å². The Kier molecular flexibility index (Phi) is 4.94. The molecule has 0 amide bonds. The SMILES string of the molecule is CCC(N)c1ccc(-c2ccc(CN(C)C)cc2)cc1. The highest BCUT2D eigenvalue weighted by molar-refractivity contribution is 5.64. The minimum atomic E-state index is 0.145. The molecule has 0 heterocycles. The fraction of sp³-hybridized carbons (Fsp3) is 0.333. The molecule has 2 heteroatoms. The van der Waals surface area contributed by atoms with Crippen LogP contribution < -0.4 is 5.73 Å². The molecule has 0 fully saturated rings. The Morgan fingerprint density at radius 3 is 1.85 bits per heavy atom. The van der Waals surface area contributed by atoms with E-state index in [0.717, 1.165) is 13.0 Å². The van der Waals surface area contributed by atoms with E-state index in [4.69, 9.17) is 5.73 Å². The standard InChI is InChI=1S/C18H24N2/c1-4-18(19)17-11-9-16(10-12-17)15-7-5-14(6-8-15)13-20(2)3/h5-12,18H,4,13,19H2,1-3H3. The van der Waals surface area contributed by atoms with E-state index in [1.54, 1.807) is 0 Å². The third kappa shape index (κ3) is 3.69. The molecule has 2 rings (SSSR count). The number of nitrogens with zero attached hydrogens (tertiary/aromatic N) is 1. The molecule has 0 spiro atoms. The molecule has 0 aliphatic rings. The van der Waals surface area contributed by atoms with Crippen LogP contribution in [0.5, 0.6) is 0 Å². The van der Waals surface area contributed by atoms with Gasteiger partial charge in [-0.05, 0) is 42.8 Å². The lowest BCUT2D eigenvalue weighted by Gasteiger charge is -2.11. The molecule has 0 aliphatic heterocycles. The van der Waals surface area contributed by atoms with Crippen LogP contribution in [-0.4, -0.2) is 19.0 Å². The van der Waals surface area contributed by atoms with Crippen molar-refractivity contribution in [1.29, 1.82) is 0 Å². The molecule has 20 heavy (non-hydrogen) atoms. The van der Waals surface area contributed by atoms with Crippen molar-refractivity contribution in [3.05, 3.63) is 59.7 Å². The maximum absolute atomic E-state index is 6.04. The lowest BCUT2D eigenvalue weighted by molar-refractivity contribution is 0.402. The van der Waals surface area contributed by atoms with Gasteiger partial charge in [-0.1, -0.05) is 55.5 Å². The van der Waals surface area contributed by atoms with Crippen LogP contribution in [0.2, 0.25) is 0 Å². The van der Waals surface area contributed by atoms with Gasteiger partial charge in [0.05, 0.1) is 0 Å². The van der Waals surface area contributed by atoms with Crippen LogP contribution in [0.1, 0.15) is 30.5 Å². The topological polar surface area (TPSA) is 29.3 Å². The fourth-order valence-electron chi connectivity index (χ4n) is 2.33. The van der Waals surface area contributed by atoms with Crippen molar-refractivity contribution in [2.24, 2.45) is 5.73 Å². The number of rotatable bonds is 5. The van der Waals surface area contributed by atoms with Crippen LogP contribution in [0.25, 0.3) is 11.1 Å². The van der Waals surface area contributed by atoms with Crippen molar-refractivity contribution in [3.63, 3.8) is 0 Å². The number of benzene rings is 2. The summed E-state index contributed by atoms with van der Waals surface area (Å²) in [5.41, 5.74) is 11.1. The van der Waals surface area contributed by atoms with Crippen LogP contribution in [0.15, 0.2) is 48.5 Å². The van der Waals surface area contributed by atoms with Crippen LogP contribution in [0, 0.1) is 0 Å². The van der Waals surface area contributed by atoms with E-state index in [1.165, 1.54) is 22.3 Å². The number of nitrogens with two attached hydrogens (primary N) is 1. The number of hydrogen-bond donors (Lipinski definition) is 1. The summed E-state index contributed by atoms with van der Waals surface area (Å²) in [4.78, 5) is 2.18. The maximum Gasteiger partial charge on any atom is 0.0292 e. The molecule has 0 saturated heterocycles. The molecule has 1 unspecified atom stereocenters. The molecule has 2 nitrogen and oxygen atoms in total. The number of hydrogen-bond acceptors (Lipinski definition) is 2. The molecular formula is C18H24N2. The first-order valence-electron chi connectivity index (χ1n) is 7.19. The molecule has 2 aromatic rings. The molecule has 2 aromatic carbocycles. The molecule has 0 aliphatic carbocycles. The second kappa shape index (κ2) is 6.69. The zero-order valence-corrected chi connectivity index (χ0v) is 12.6. The van der Waals surface area contributed by atoms with Crippen molar-refractivity contribution in [1.82, 2.24) is 4.90 Å². The second-order valence-electron chi connectivity index (χ2n) is 5.57. The predicted octanol–water partition coefficient (Wildman–Crippen LogP) is 3.83. The summed E-state index contributed by atoms with van der Waals surface area (Å²) in [6.07, 6.45) is 0.971. The van der Waals surface area contributed by atoms with Crippen molar-refractivity contribution in [2.75, 3.05) is 14.1 Å². The van der Waals surface area contributed by atoms with Gasteiger partial charge in [-0.2, -0.15) is 0 Å². The molecule has 2 N–H and O–H groups in total. The van der Waals surface area contributed by atoms with Gasteiger partial charge < -0.3 is 10.6 Å². The highest BCUT2D eigenvalue weighted by Crippen LogP contribution is 2.23. The Morgan fingerprint density at radius 1 is 0.900 bits per heavy atom. The lowest BCUT2D eigenvalue weighted by atomic mass is 9.99. The smallest absolute Gasteiger partial charge is 0.0292 e. The molecule has 0 saturated carbocycles. The van der Waals surface area contributed by atoms with Gasteiger partial charge in [0.1, 0.15) is 0 Å². The Bertz CT molecular complexity index is 526. The maximum atomic E-state index is 6.04. The first kappa shape index (κ1) is 14.8. The predicted molar refractivity (Wildman–Crippen MR) is 86.5 cm³/mol. The van der Waals surface area contributed by atoms with Crippen LogP contribution >= 0.6 is 0 Å². The Hall–Kier alpha value is -1.64. The molecule has 0 radical (unpaired) electrons. The van der Waals surface area contributed by atoms with Gasteiger partial charge in [0, 0.05) is 12.6 Å². The third-order valence-electron chi connectivity index (χ3n) is 3.56. The summed E-state index contributed by atoms with van der Waals surface area (Å²) in [6, 6.07) is 17.5. The van der Waals surface area contributed by atoms with Crippen LogP contribution in [0.3, 0.4) is 0 Å². The first-order valence-corrected chi connectivity index (χ1v) is 7.19. The molecular weight excluding hydrogens is 244 g/mol. The summed E-state index contributed by atoms with van der Waals surface area (Å²) in [7, 11) is 4.17. The van der Waals surface area contributed by atoms with Gasteiger partial charge >= 0.3 is 0 Å². The zero-order chi connectivity index (χ0) is 14.5. The normalized spacial score (nSPS) is 12.7.